The summed E-state index contributed by atoms with van der Waals surface area (Å²) in [6.07, 6.45) is 4.44. The Bertz CT molecular complexity index is 663. The van der Waals surface area contributed by atoms with E-state index in [0.717, 1.165) is 27.8 Å². The second-order valence-corrected chi connectivity index (χ2v) is 5.91. The van der Waals surface area contributed by atoms with Gasteiger partial charge in [0.15, 0.2) is 9.99 Å². The molecular formula is C11H12N6S2. The fourth-order valence-corrected chi connectivity index (χ4v) is 3.16. The molecular weight excluding hydrogens is 280 g/mol. The predicted octanol–water partition coefficient (Wildman–Crippen LogP) is 2.78. The Hall–Kier alpha value is -1.67. The van der Waals surface area contributed by atoms with Crippen LogP contribution in [0.5, 0.6) is 0 Å². The average molecular weight is 292 g/mol. The van der Waals surface area contributed by atoms with Gasteiger partial charge in [-0.05, 0) is 18.2 Å². The first-order chi connectivity index (χ1) is 9.36. The lowest BCUT2D eigenvalue weighted by atomic mass is 10.5. The largest absolute Gasteiger partial charge is 0.354 e. The quantitative estimate of drug-likeness (QED) is 0.704. The van der Waals surface area contributed by atoms with E-state index in [0.29, 0.717) is 11.6 Å². The van der Waals surface area contributed by atoms with Gasteiger partial charge in [0.1, 0.15) is 10.5 Å². The Balaban J connectivity index is 1.97. The molecule has 8 heteroatoms. The molecule has 2 N–H and O–H groups in total. The Morgan fingerprint density at radius 2 is 2.32 bits per heavy atom. The predicted molar refractivity (Wildman–Crippen MR) is 76.7 cm³/mol. The number of hydrogen-bond acceptors (Lipinski definition) is 7. The molecule has 3 rings (SSSR count). The molecule has 0 aliphatic rings. The molecule has 3 heterocycles. The number of nitrogens with one attached hydrogen (secondary N) is 2. The highest BCUT2D eigenvalue weighted by Crippen LogP contribution is 2.31. The highest BCUT2D eigenvalue weighted by molar-refractivity contribution is 8.01. The van der Waals surface area contributed by atoms with Gasteiger partial charge in [-0.25, -0.2) is 15.0 Å². The third-order valence-corrected chi connectivity index (χ3v) is 4.25. The monoisotopic (exact) mass is 292 g/mol. The molecule has 0 atom stereocenters. The highest BCUT2D eigenvalue weighted by atomic mass is 32.2. The van der Waals surface area contributed by atoms with Gasteiger partial charge in [-0.1, -0.05) is 6.92 Å². The summed E-state index contributed by atoms with van der Waals surface area (Å²) < 4.78 is 0.955. The van der Waals surface area contributed by atoms with E-state index in [1.165, 1.54) is 11.8 Å². The smallest absolute Gasteiger partial charge is 0.225 e. The Morgan fingerprint density at radius 1 is 1.37 bits per heavy atom. The lowest BCUT2D eigenvalue weighted by Gasteiger charge is -2.05. The van der Waals surface area contributed by atoms with Crippen LogP contribution >= 0.6 is 23.1 Å². The molecule has 0 aliphatic heterocycles. The van der Waals surface area contributed by atoms with Crippen molar-refractivity contribution in [2.75, 3.05) is 11.9 Å². The fraction of sp³-hybridized carbons (Fsp3) is 0.273. The van der Waals surface area contributed by atoms with E-state index < -0.39 is 0 Å². The van der Waals surface area contributed by atoms with Gasteiger partial charge < -0.3 is 10.3 Å². The summed E-state index contributed by atoms with van der Waals surface area (Å²) in [6, 6.07) is 0. The number of hydrogen-bond donors (Lipinski definition) is 2. The number of aromatic amines is 1. The van der Waals surface area contributed by atoms with Crippen molar-refractivity contribution in [3.63, 3.8) is 0 Å². The summed E-state index contributed by atoms with van der Waals surface area (Å²) in [5.41, 5.74) is 1.52. The van der Waals surface area contributed by atoms with Crippen molar-refractivity contribution in [2.45, 2.75) is 22.7 Å². The fourth-order valence-electron chi connectivity index (χ4n) is 1.54. The van der Waals surface area contributed by atoms with Gasteiger partial charge in [-0.15, -0.1) is 11.3 Å². The van der Waals surface area contributed by atoms with Crippen LogP contribution < -0.4 is 5.32 Å². The van der Waals surface area contributed by atoms with Crippen LogP contribution in [0.25, 0.3) is 11.2 Å². The molecule has 3 aromatic heterocycles. The number of aromatic nitrogens is 5. The molecule has 0 radical (unpaired) electrons. The van der Waals surface area contributed by atoms with Crippen molar-refractivity contribution >= 4 is 40.2 Å². The van der Waals surface area contributed by atoms with E-state index in [1.807, 2.05) is 5.38 Å². The maximum atomic E-state index is 4.52. The van der Waals surface area contributed by atoms with Crippen LogP contribution in [-0.4, -0.2) is 31.5 Å². The van der Waals surface area contributed by atoms with Crippen molar-refractivity contribution in [2.24, 2.45) is 0 Å². The van der Waals surface area contributed by atoms with E-state index >= 15 is 0 Å². The summed E-state index contributed by atoms with van der Waals surface area (Å²) in [5, 5.41) is 5.98. The standard InChI is InChI=1S/C11H12N6S2/c1-2-3-12-10-16-8-7(14-6-15-8)9(17-10)19-11-13-4-5-18-11/h4-6H,2-3H2,1H3,(H2,12,14,15,16,17). The molecule has 0 bridgehead atoms. The molecule has 0 fully saturated rings. The molecule has 98 valence electrons. The SMILES string of the molecule is CCCNc1nc(Sc2nccs2)c2[nH]cnc2n1. The number of thiazole rings is 1. The van der Waals surface area contributed by atoms with Gasteiger partial charge in [0, 0.05) is 18.1 Å². The number of anilines is 1. The molecule has 0 saturated heterocycles. The number of rotatable bonds is 5. The number of imidazole rings is 1. The third-order valence-electron chi connectivity index (χ3n) is 2.38. The molecule has 0 amide bonds. The van der Waals surface area contributed by atoms with E-state index in [-0.39, 0.29) is 0 Å². The zero-order valence-electron chi connectivity index (χ0n) is 10.3. The van der Waals surface area contributed by atoms with Crippen LogP contribution in [0.15, 0.2) is 27.3 Å². The summed E-state index contributed by atoms with van der Waals surface area (Å²) >= 11 is 3.11. The maximum absolute atomic E-state index is 4.52. The van der Waals surface area contributed by atoms with Crippen molar-refractivity contribution in [1.29, 1.82) is 0 Å². The normalized spacial score (nSPS) is 11.0. The van der Waals surface area contributed by atoms with Gasteiger partial charge in [0.2, 0.25) is 5.95 Å². The molecule has 0 spiro atoms. The van der Waals surface area contributed by atoms with Crippen molar-refractivity contribution < 1.29 is 0 Å². The summed E-state index contributed by atoms with van der Waals surface area (Å²) in [4.78, 5) is 20.4. The van der Waals surface area contributed by atoms with Crippen LogP contribution in [0.4, 0.5) is 5.95 Å². The minimum Gasteiger partial charge on any atom is -0.354 e. The lowest BCUT2D eigenvalue weighted by Crippen LogP contribution is -2.05. The summed E-state index contributed by atoms with van der Waals surface area (Å²) in [7, 11) is 0. The number of nitrogens with zero attached hydrogens (tertiary/aromatic N) is 4. The Morgan fingerprint density at radius 3 is 3.11 bits per heavy atom. The van der Waals surface area contributed by atoms with Gasteiger partial charge in [0.05, 0.1) is 6.33 Å². The lowest BCUT2D eigenvalue weighted by molar-refractivity contribution is 0.943. The molecule has 6 nitrogen and oxygen atoms in total. The Labute approximate surface area is 118 Å². The van der Waals surface area contributed by atoms with E-state index in [9.17, 15) is 0 Å². The second-order valence-electron chi connectivity index (χ2n) is 3.78. The summed E-state index contributed by atoms with van der Waals surface area (Å²) in [5.74, 6) is 0.612. The van der Waals surface area contributed by atoms with Gasteiger partial charge in [0.25, 0.3) is 0 Å². The van der Waals surface area contributed by atoms with Gasteiger partial charge in [-0.2, -0.15) is 4.98 Å². The molecule has 0 saturated carbocycles. The maximum Gasteiger partial charge on any atom is 0.225 e. The van der Waals surface area contributed by atoms with Crippen LogP contribution in [-0.2, 0) is 0 Å². The molecule has 19 heavy (non-hydrogen) atoms. The first-order valence-corrected chi connectivity index (χ1v) is 7.58. The molecule has 0 aliphatic carbocycles. The molecule has 0 aromatic carbocycles. The van der Waals surface area contributed by atoms with Crippen LogP contribution in [0, 0.1) is 0 Å². The Kier molecular flexibility index (Phi) is 3.60. The molecule has 0 unspecified atom stereocenters. The van der Waals surface area contributed by atoms with Crippen LogP contribution in [0.1, 0.15) is 13.3 Å². The zero-order valence-corrected chi connectivity index (χ0v) is 11.9. The first kappa shape index (κ1) is 12.4. The minimum atomic E-state index is 0.612. The minimum absolute atomic E-state index is 0.612. The van der Waals surface area contributed by atoms with Crippen molar-refractivity contribution in [3.05, 3.63) is 17.9 Å². The molecule has 3 aromatic rings. The first-order valence-electron chi connectivity index (χ1n) is 5.89. The summed E-state index contributed by atoms with van der Waals surface area (Å²) in [6.45, 7) is 2.95. The topological polar surface area (TPSA) is 79.4 Å². The van der Waals surface area contributed by atoms with E-state index in [2.05, 4.69) is 37.2 Å². The zero-order chi connectivity index (χ0) is 13.1. The van der Waals surface area contributed by atoms with E-state index in [4.69, 9.17) is 0 Å². The van der Waals surface area contributed by atoms with Crippen molar-refractivity contribution in [3.8, 4) is 0 Å². The second kappa shape index (κ2) is 5.54. The highest BCUT2D eigenvalue weighted by Gasteiger charge is 2.12. The third kappa shape index (κ3) is 2.69. The van der Waals surface area contributed by atoms with Gasteiger partial charge in [-0.3, -0.25) is 0 Å². The average Bonchev–Trinajstić information content (AvgIpc) is 3.06. The van der Waals surface area contributed by atoms with Crippen LogP contribution in [0.3, 0.4) is 0 Å². The van der Waals surface area contributed by atoms with Crippen molar-refractivity contribution in [1.82, 2.24) is 24.9 Å². The van der Waals surface area contributed by atoms with Crippen LogP contribution in [0.2, 0.25) is 0 Å². The number of H-pyrrole nitrogens is 1. The number of fused-ring (bicyclic) bond motifs is 1. The van der Waals surface area contributed by atoms with E-state index in [1.54, 1.807) is 23.9 Å². The van der Waals surface area contributed by atoms with Gasteiger partial charge >= 0.3 is 0 Å².